The normalized spacial score (nSPS) is 9.92. The third kappa shape index (κ3) is 5.25. The summed E-state index contributed by atoms with van der Waals surface area (Å²) < 4.78 is 10.8. The molecule has 0 fully saturated rings. The monoisotopic (exact) mass is 349 g/mol. The van der Waals surface area contributed by atoms with Gasteiger partial charge in [-0.15, -0.1) is 5.92 Å². The summed E-state index contributed by atoms with van der Waals surface area (Å²) in [6.45, 7) is 1.99. The third-order valence-corrected chi connectivity index (χ3v) is 3.44. The molecule has 1 N–H and O–H groups in total. The van der Waals surface area contributed by atoms with Crippen LogP contribution in [0.15, 0.2) is 48.5 Å². The first-order valence-corrected chi connectivity index (χ1v) is 7.91. The zero-order valence-corrected chi connectivity index (χ0v) is 14.6. The van der Waals surface area contributed by atoms with Crippen LogP contribution in [0.4, 0.5) is 5.69 Å². The molecule has 2 aromatic rings. The van der Waals surface area contributed by atoms with Crippen LogP contribution in [-0.2, 0) is 4.79 Å². The van der Waals surface area contributed by atoms with Gasteiger partial charge in [-0.2, -0.15) is 0 Å². The number of rotatable bonds is 7. The Balaban J connectivity index is 2.10. The molecule has 5 nitrogen and oxygen atoms in total. The number of benzene rings is 2. The Morgan fingerprint density at radius 3 is 2.73 bits per heavy atom. The van der Waals surface area contributed by atoms with Crippen LogP contribution in [-0.4, -0.2) is 25.9 Å². The Morgan fingerprint density at radius 1 is 1.19 bits per heavy atom. The molecule has 0 aliphatic carbocycles. The first-order valence-electron chi connectivity index (χ1n) is 7.91. The summed E-state index contributed by atoms with van der Waals surface area (Å²) in [4.78, 5) is 23.1. The van der Waals surface area contributed by atoms with E-state index in [0.717, 1.165) is 5.56 Å². The standard InChI is InChI=1S/C21H19NO4/c1-3-4-13-26-20-14-16(9-11-19(20)25-2)10-12-21(24)22-18-8-6-5-7-17(18)15-23/h5-12,14-15H,13H2,1-2H3,(H,22,24)/b12-10+. The van der Waals surface area contributed by atoms with Crippen LogP contribution >= 0.6 is 0 Å². The Hall–Kier alpha value is -3.52. The molecule has 0 saturated carbocycles. The maximum atomic E-state index is 12.1. The summed E-state index contributed by atoms with van der Waals surface area (Å²) in [5.74, 6) is 6.37. The number of ether oxygens (including phenoxy) is 2. The van der Waals surface area contributed by atoms with E-state index < -0.39 is 0 Å². The minimum Gasteiger partial charge on any atom is -0.493 e. The Labute approximate surface area is 152 Å². The van der Waals surface area contributed by atoms with E-state index >= 15 is 0 Å². The molecule has 5 heteroatoms. The molecular weight excluding hydrogens is 330 g/mol. The van der Waals surface area contributed by atoms with Crippen LogP contribution in [0.2, 0.25) is 0 Å². The maximum absolute atomic E-state index is 12.1. The first-order chi connectivity index (χ1) is 12.7. The Morgan fingerprint density at radius 2 is 2.00 bits per heavy atom. The van der Waals surface area contributed by atoms with E-state index in [4.69, 9.17) is 9.47 Å². The van der Waals surface area contributed by atoms with Crippen LogP contribution in [0.1, 0.15) is 22.8 Å². The van der Waals surface area contributed by atoms with Gasteiger partial charge in [0.1, 0.15) is 6.61 Å². The zero-order valence-electron chi connectivity index (χ0n) is 14.6. The minimum atomic E-state index is -0.338. The van der Waals surface area contributed by atoms with Gasteiger partial charge >= 0.3 is 0 Å². The number of carbonyl (C=O) groups excluding carboxylic acids is 2. The van der Waals surface area contributed by atoms with Gasteiger partial charge in [-0.05, 0) is 42.8 Å². The predicted octanol–water partition coefficient (Wildman–Crippen LogP) is 3.56. The van der Waals surface area contributed by atoms with Gasteiger partial charge in [0.2, 0.25) is 5.91 Å². The summed E-state index contributed by atoms with van der Waals surface area (Å²) in [5.41, 5.74) is 1.66. The number of carbonyl (C=O) groups is 2. The number of aldehydes is 1. The molecule has 0 unspecified atom stereocenters. The van der Waals surface area contributed by atoms with Crippen molar-refractivity contribution in [2.45, 2.75) is 6.92 Å². The predicted molar refractivity (Wildman–Crippen MR) is 101 cm³/mol. The van der Waals surface area contributed by atoms with Gasteiger partial charge in [-0.1, -0.05) is 24.1 Å². The summed E-state index contributed by atoms with van der Waals surface area (Å²) >= 11 is 0. The molecule has 0 spiro atoms. The topological polar surface area (TPSA) is 64.6 Å². The molecule has 26 heavy (non-hydrogen) atoms. The second-order valence-corrected chi connectivity index (χ2v) is 5.15. The smallest absolute Gasteiger partial charge is 0.248 e. The highest BCUT2D eigenvalue weighted by Gasteiger charge is 2.06. The van der Waals surface area contributed by atoms with Crippen molar-refractivity contribution in [3.8, 4) is 23.3 Å². The molecule has 0 saturated heterocycles. The fraction of sp³-hybridized carbons (Fsp3) is 0.143. The Bertz CT molecular complexity index is 875. The molecule has 0 aromatic heterocycles. The van der Waals surface area contributed by atoms with Crippen molar-refractivity contribution < 1.29 is 19.1 Å². The minimum absolute atomic E-state index is 0.253. The van der Waals surface area contributed by atoms with Crippen molar-refractivity contribution in [3.63, 3.8) is 0 Å². The summed E-state index contributed by atoms with van der Waals surface area (Å²) in [6, 6.07) is 12.1. The van der Waals surface area contributed by atoms with Gasteiger partial charge in [-0.3, -0.25) is 9.59 Å². The fourth-order valence-corrected chi connectivity index (χ4v) is 2.16. The molecule has 2 aromatic carbocycles. The molecule has 0 radical (unpaired) electrons. The van der Waals surface area contributed by atoms with Gasteiger partial charge < -0.3 is 14.8 Å². The highest BCUT2D eigenvalue weighted by Crippen LogP contribution is 2.28. The molecule has 0 aliphatic heterocycles. The number of amides is 1. The van der Waals surface area contributed by atoms with E-state index in [1.54, 1.807) is 62.6 Å². The Kier molecular flexibility index (Phi) is 7.02. The second-order valence-electron chi connectivity index (χ2n) is 5.15. The van der Waals surface area contributed by atoms with Crippen molar-refractivity contribution in [1.29, 1.82) is 0 Å². The molecule has 132 valence electrons. The van der Waals surface area contributed by atoms with Crippen LogP contribution in [0, 0.1) is 11.8 Å². The number of anilines is 1. The van der Waals surface area contributed by atoms with Crippen molar-refractivity contribution in [1.82, 2.24) is 0 Å². The number of hydrogen-bond acceptors (Lipinski definition) is 4. The first kappa shape index (κ1) is 18.8. The lowest BCUT2D eigenvalue weighted by Gasteiger charge is -2.09. The van der Waals surface area contributed by atoms with Crippen molar-refractivity contribution in [2.24, 2.45) is 0 Å². The molecule has 0 aliphatic rings. The molecule has 0 bridgehead atoms. The van der Waals surface area contributed by atoms with Crippen LogP contribution in [0.25, 0.3) is 6.08 Å². The maximum Gasteiger partial charge on any atom is 0.248 e. The van der Waals surface area contributed by atoms with Gasteiger partial charge in [-0.25, -0.2) is 0 Å². The largest absolute Gasteiger partial charge is 0.493 e. The average molecular weight is 349 g/mol. The van der Waals surface area contributed by atoms with Gasteiger partial charge in [0.25, 0.3) is 0 Å². The van der Waals surface area contributed by atoms with Crippen molar-refractivity contribution in [2.75, 3.05) is 19.0 Å². The van der Waals surface area contributed by atoms with Crippen LogP contribution in [0.3, 0.4) is 0 Å². The van der Waals surface area contributed by atoms with Crippen LogP contribution in [0.5, 0.6) is 11.5 Å². The number of hydrogen-bond donors (Lipinski definition) is 1. The van der Waals surface area contributed by atoms with Crippen molar-refractivity contribution in [3.05, 3.63) is 59.7 Å². The summed E-state index contributed by atoms with van der Waals surface area (Å²) in [6.07, 6.45) is 3.74. The molecule has 2 rings (SSSR count). The molecular formula is C21H19NO4. The fourth-order valence-electron chi connectivity index (χ4n) is 2.16. The zero-order chi connectivity index (χ0) is 18.8. The number of nitrogens with one attached hydrogen (secondary N) is 1. The van der Waals surface area contributed by atoms with Gasteiger partial charge in [0.05, 0.1) is 12.8 Å². The van der Waals surface area contributed by atoms with E-state index in [-0.39, 0.29) is 12.5 Å². The highest BCUT2D eigenvalue weighted by atomic mass is 16.5. The van der Waals surface area contributed by atoms with Crippen molar-refractivity contribution >= 4 is 24.0 Å². The van der Waals surface area contributed by atoms with Gasteiger partial charge in [0, 0.05) is 11.6 Å². The number of para-hydroxylation sites is 1. The molecule has 0 heterocycles. The van der Waals surface area contributed by atoms with E-state index in [2.05, 4.69) is 17.2 Å². The molecule has 1 amide bonds. The average Bonchev–Trinajstić information content (AvgIpc) is 2.67. The second kappa shape index (κ2) is 9.70. The SMILES string of the molecule is CC#CCOc1cc(/C=C/C(=O)Nc2ccccc2C=O)ccc1OC. The molecule has 0 atom stereocenters. The van der Waals surface area contributed by atoms with E-state index in [1.165, 1.54) is 6.08 Å². The van der Waals surface area contributed by atoms with Gasteiger partial charge in [0.15, 0.2) is 17.8 Å². The van der Waals surface area contributed by atoms with E-state index in [1.807, 2.05) is 0 Å². The summed E-state index contributed by atoms with van der Waals surface area (Å²) in [5, 5.41) is 2.68. The third-order valence-electron chi connectivity index (χ3n) is 3.44. The van der Waals surface area contributed by atoms with Crippen LogP contribution < -0.4 is 14.8 Å². The lowest BCUT2D eigenvalue weighted by atomic mass is 10.1. The quantitative estimate of drug-likeness (QED) is 0.472. The summed E-state index contributed by atoms with van der Waals surface area (Å²) in [7, 11) is 1.56. The highest BCUT2D eigenvalue weighted by molar-refractivity contribution is 6.04. The van der Waals surface area contributed by atoms with E-state index in [0.29, 0.717) is 29.0 Å². The number of methoxy groups -OCH3 is 1. The lowest BCUT2D eigenvalue weighted by molar-refractivity contribution is -0.111. The lowest BCUT2D eigenvalue weighted by Crippen LogP contribution is -2.09. The van der Waals surface area contributed by atoms with E-state index in [9.17, 15) is 9.59 Å².